The van der Waals surface area contributed by atoms with E-state index in [1.807, 2.05) is 4.90 Å². The zero-order valence-electron chi connectivity index (χ0n) is 41.2. The molecule has 0 spiro atoms. The van der Waals surface area contributed by atoms with Crippen molar-refractivity contribution < 1.29 is 72.3 Å². The van der Waals surface area contributed by atoms with Crippen molar-refractivity contribution in [2.75, 3.05) is 88.9 Å². The fraction of sp³-hybridized carbons (Fsp3) is 0.469. The lowest BCUT2D eigenvalue weighted by atomic mass is 10.0. The second kappa shape index (κ2) is 28.5. The van der Waals surface area contributed by atoms with Crippen molar-refractivity contribution in [2.45, 2.75) is 76.4 Å². The van der Waals surface area contributed by atoms with Gasteiger partial charge in [0.2, 0.25) is 23.7 Å². The molecule has 402 valence electrons. The molecule has 6 rings (SSSR count). The number of carbonyl (C=O) groups is 8. The standard InChI is InChI=1S/C49H61N11O15/c50-42-41-43(58-49(51)57-42)53-28-31(54-41)29-59(32-10-8-30(9-11-32)44(65)55-34(48(69)70)12-15-39(63)64)18-4-2-1-3-17-52-37(61)16-19-71-20-21-72-22-23-73-24-25-74-26-27-75-36-7-5-6-33-40(36)47(68)60(46(33)67)35-13-14-38(62)56-45(35)66/h5-11,28,34-35H,1-4,12-27,29H2,(H,52,61)(H,55,65)(H,63,64)(H,69,70)(H,56,62,66)(H4,50,51,53,57,58). The number of nitrogens with zero attached hydrogens (tertiary/aromatic N) is 6. The molecule has 0 bridgehead atoms. The van der Waals surface area contributed by atoms with Gasteiger partial charge in [0.15, 0.2) is 17.0 Å². The number of nitrogens with one attached hydrogen (secondary N) is 3. The third kappa shape index (κ3) is 16.8. The van der Waals surface area contributed by atoms with Crippen molar-refractivity contribution in [1.29, 1.82) is 0 Å². The molecule has 2 aliphatic heterocycles. The van der Waals surface area contributed by atoms with Crippen LogP contribution in [0.2, 0.25) is 0 Å². The molecular weight excluding hydrogens is 983 g/mol. The number of nitrogens with two attached hydrogens (primary N) is 2. The molecule has 75 heavy (non-hydrogen) atoms. The number of hydrogen-bond acceptors (Lipinski definition) is 20. The summed E-state index contributed by atoms with van der Waals surface area (Å²) in [4.78, 5) is 118. The molecule has 2 aromatic carbocycles. The second-order valence-electron chi connectivity index (χ2n) is 17.2. The first kappa shape index (κ1) is 56.4. The van der Waals surface area contributed by atoms with Gasteiger partial charge in [0.1, 0.15) is 24.4 Å². The van der Waals surface area contributed by atoms with E-state index in [4.69, 9.17) is 40.3 Å². The smallest absolute Gasteiger partial charge is 0.326 e. The first-order chi connectivity index (χ1) is 36.2. The Morgan fingerprint density at radius 2 is 1.48 bits per heavy atom. The van der Waals surface area contributed by atoms with Crippen LogP contribution in [-0.2, 0) is 49.5 Å². The Morgan fingerprint density at radius 3 is 2.16 bits per heavy atom. The highest BCUT2D eigenvalue weighted by Crippen LogP contribution is 2.33. The van der Waals surface area contributed by atoms with Gasteiger partial charge in [-0.15, -0.1) is 0 Å². The van der Waals surface area contributed by atoms with Crippen LogP contribution in [0.15, 0.2) is 48.7 Å². The molecule has 4 heterocycles. The van der Waals surface area contributed by atoms with Gasteiger partial charge in [-0.25, -0.2) is 14.8 Å². The lowest BCUT2D eigenvalue weighted by Crippen LogP contribution is -2.54. The number of carboxylic acid groups (broad SMARTS) is 2. The van der Waals surface area contributed by atoms with E-state index in [9.17, 15) is 43.5 Å². The summed E-state index contributed by atoms with van der Waals surface area (Å²) in [5.41, 5.74) is 14.0. The molecule has 2 atom stereocenters. The Hall–Kier alpha value is -7.94. The number of hydrogen-bond donors (Lipinski definition) is 7. The first-order valence-corrected chi connectivity index (χ1v) is 24.4. The predicted octanol–water partition coefficient (Wildman–Crippen LogP) is 1.25. The maximum Gasteiger partial charge on any atom is 0.326 e. The average molecular weight is 1040 g/mol. The average Bonchev–Trinajstić information content (AvgIpc) is 3.63. The lowest BCUT2D eigenvalue weighted by molar-refractivity contribution is -0.141. The summed E-state index contributed by atoms with van der Waals surface area (Å²) in [5, 5.41) is 25.9. The molecule has 1 saturated heterocycles. The van der Waals surface area contributed by atoms with E-state index in [0.717, 1.165) is 36.3 Å². The number of carboxylic acids is 2. The lowest BCUT2D eigenvalue weighted by Gasteiger charge is -2.27. The van der Waals surface area contributed by atoms with E-state index < -0.39 is 60.0 Å². The summed E-state index contributed by atoms with van der Waals surface area (Å²) >= 11 is 0. The topological polar surface area (TPSA) is 369 Å². The minimum atomic E-state index is -1.37. The van der Waals surface area contributed by atoms with Gasteiger partial charge >= 0.3 is 11.9 Å². The van der Waals surface area contributed by atoms with Gasteiger partial charge in [0.05, 0.1) is 82.4 Å². The number of benzene rings is 2. The number of rotatable bonds is 33. The number of ether oxygens (including phenoxy) is 5. The van der Waals surface area contributed by atoms with Crippen LogP contribution in [0.3, 0.4) is 0 Å². The summed E-state index contributed by atoms with van der Waals surface area (Å²) in [7, 11) is 0. The largest absolute Gasteiger partial charge is 0.490 e. The third-order valence-electron chi connectivity index (χ3n) is 11.8. The number of amides is 6. The van der Waals surface area contributed by atoms with E-state index in [-0.39, 0.29) is 97.9 Å². The summed E-state index contributed by atoms with van der Waals surface area (Å²) in [6, 6.07) is 8.75. The van der Waals surface area contributed by atoms with Crippen LogP contribution in [0.4, 0.5) is 17.5 Å². The molecule has 26 nitrogen and oxygen atoms in total. The molecular formula is C49H61N11O15. The molecule has 6 amide bonds. The Bertz CT molecular complexity index is 2680. The fourth-order valence-corrected chi connectivity index (χ4v) is 7.98. The Kier molecular flexibility index (Phi) is 21.4. The van der Waals surface area contributed by atoms with Crippen molar-refractivity contribution in [2.24, 2.45) is 0 Å². The highest BCUT2D eigenvalue weighted by Gasteiger charge is 2.46. The van der Waals surface area contributed by atoms with Crippen molar-refractivity contribution in [3.05, 3.63) is 71.0 Å². The number of carbonyl (C=O) groups excluding carboxylic acids is 6. The highest BCUT2D eigenvalue weighted by molar-refractivity contribution is 6.24. The van der Waals surface area contributed by atoms with Crippen molar-refractivity contribution in [3.63, 3.8) is 0 Å². The number of unbranched alkanes of at least 4 members (excludes halogenated alkanes) is 3. The maximum atomic E-state index is 13.2. The minimum absolute atomic E-state index is 0.0253. The zero-order valence-corrected chi connectivity index (χ0v) is 41.2. The molecule has 26 heteroatoms. The molecule has 0 saturated carbocycles. The van der Waals surface area contributed by atoms with E-state index in [1.165, 1.54) is 6.07 Å². The van der Waals surface area contributed by atoms with E-state index in [0.29, 0.717) is 63.9 Å². The Balaban J connectivity index is 0.792. The molecule has 1 fully saturated rings. The van der Waals surface area contributed by atoms with Crippen LogP contribution in [0.1, 0.15) is 94.6 Å². The normalized spacial score (nSPS) is 14.6. The van der Waals surface area contributed by atoms with Crippen LogP contribution in [-0.4, -0.2) is 167 Å². The number of anilines is 3. The second-order valence-corrected chi connectivity index (χ2v) is 17.2. The summed E-state index contributed by atoms with van der Waals surface area (Å²) in [6.45, 7) is 3.77. The molecule has 2 aromatic heterocycles. The summed E-state index contributed by atoms with van der Waals surface area (Å²) < 4.78 is 27.9. The van der Waals surface area contributed by atoms with Crippen molar-refractivity contribution >= 4 is 76.0 Å². The van der Waals surface area contributed by atoms with Crippen LogP contribution in [0.5, 0.6) is 5.75 Å². The predicted molar refractivity (Wildman–Crippen MR) is 265 cm³/mol. The summed E-state index contributed by atoms with van der Waals surface area (Å²) in [6.07, 6.45) is 4.37. The first-order valence-electron chi connectivity index (χ1n) is 24.4. The quantitative estimate of drug-likeness (QED) is 0.0261. The summed E-state index contributed by atoms with van der Waals surface area (Å²) in [5.74, 6) is -5.44. The van der Waals surface area contributed by atoms with Crippen LogP contribution in [0, 0.1) is 0 Å². The third-order valence-corrected chi connectivity index (χ3v) is 11.8. The number of piperidine rings is 1. The fourth-order valence-electron chi connectivity index (χ4n) is 7.98. The Labute approximate surface area is 430 Å². The van der Waals surface area contributed by atoms with Crippen molar-refractivity contribution in [1.82, 2.24) is 40.8 Å². The SMILES string of the molecule is Nc1nc(N)c2nc(CN(CCCCCCNC(=O)CCOCCOCCOCCOCCOc3cccc4c3C(=O)N(C3CCC(=O)NC3=O)C4=O)c3ccc(C(=O)NC(CCC(=O)O)C(=O)O)cc3)cnc2n1. The van der Waals surface area contributed by atoms with Gasteiger partial charge < -0.3 is 60.9 Å². The number of nitrogen functional groups attached to an aromatic ring is 2. The van der Waals surface area contributed by atoms with Crippen molar-refractivity contribution in [3.8, 4) is 5.75 Å². The van der Waals surface area contributed by atoms with Crippen LogP contribution in [0.25, 0.3) is 11.2 Å². The van der Waals surface area contributed by atoms with Gasteiger partial charge in [0.25, 0.3) is 17.7 Å². The molecule has 2 aliphatic rings. The number of fused-ring (bicyclic) bond motifs is 2. The van der Waals surface area contributed by atoms with E-state index >= 15 is 0 Å². The van der Waals surface area contributed by atoms with Gasteiger partial charge in [-0.3, -0.25) is 43.8 Å². The van der Waals surface area contributed by atoms with Gasteiger partial charge in [0, 0.05) is 43.6 Å². The molecule has 9 N–H and O–H groups in total. The molecule has 2 unspecified atom stereocenters. The number of imide groups is 2. The highest BCUT2D eigenvalue weighted by atomic mass is 16.6. The number of aliphatic carboxylic acids is 2. The molecule has 4 aromatic rings. The molecule has 0 aliphatic carbocycles. The van der Waals surface area contributed by atoms with Crippen LogP contribution >= 0.6 is 0 Å². The monoisotopic (exact) mass is 1040 g/mol. The van der Waals surface area contributed by atoms with Gasteiger partial charge in [-0.2, -0.15) is 9.97 Å². The zero-order chi connectivity index (χ0) is 53.7. The molecule has 0 radical (unpaired) electrons. The van der Waals surface area contributed by atoms with E-state index in [1.54, 1.807) is 42.6 Å². The Morgan fingerprint density at radius 1 is 0.800 bits per heavy atom. The van der Waals surface area contributed by atoms with Gasteiger partial charge in [-0.05, 0) is 62.1 Å². The van der Waals surface area contributed by atoms with Crippen LogP contribution < -0.4 is 37.1 Å². The van der Waals surface area contributed by atoms with Gasteiger partial charge in [-0.1, -0.05) is 18.9 Å². The van der Waals surface area contributed by atoms with E-state index in [2.05, 4.69) is 35.9 Å². The minimum Gasteiger partial charge on any atom is -0.490 e. The number of aromatic nitrogens is 4. The maximum absolute atomic E-state index is 13.2.